The minimum absolute atomic E-state index is 0. The molecule has 3 amide bonds. The Morgan fingerprint density at radius 1 is 1.05 bits per heavy atom. The van der Waals surface area contributed by atoms with E-state index < -0.39 is 35.4 Å². The van der Waals surface area contributed by atoms with Crippen LogP contribution in [0.4, 0.5) is 17.6 Å². The lowest BCUT2D eigenvalue weighted by Gasteiger charge is -2.43. The second-order valence-corrected chi connectivity index (χ2v) is 13.4. The number of hydrogen-bond donors (Lipinski definition) is 1. The maximum absolute atomic E-state index is 14.9. The fourth-order valence-corrected chi connectivity index (χ4v) is 6.77. The highest BCUT2D eigenvalue weighted by atomic mass is 35.5. The van der Waals surface area contributed by atoms with Crippen molar-refractivity contribution in [1.82, 2.24) is 20.0 Å². The summed E-state index contributed by atoms with van der Waals surface area (Å²) in [6.45, 7) is 11.0. The first kappa shape index (κ1) is 35.1. The summed E-state index contributed by atoms with van der Waals surface area (Å²) < 4.78 is 55.9. The summed E-state index contributed by atoms with van der Waals surface area (Å²) in [5, 5.41) is 2.72. The van der Waals surface area contributed by atoms with Crippen LogP contribution in [0.1, 0.15) is 78.2 Å². The second kappa shape index (κ2) is 13.7. The number of benzene rings is 1. The second-order valence-electron chi connectivity index (χ2n) is 13.4. The topological polar surface area (TPSA) is 73.0 Å². The minimum Gasteiger partial charge on any atom is -0.345 e. The zero-order valence-corrected chi connectivity index (χ0v) is 26.5. The van der Waals surface area contributed by atoms with Crippen LogP contribution >= 0.6 is 12.4 Å². The lowest BCUT2D eigenvalue weighted by molar-refractivity contribution is -0.147. The normalized spacial score (nSPS) is 25.7. The summed E-state index contributed by atoms with van der Waals surface area (Å²) in [5.41, 5.74) is 0.0644. The van der Waals surface area contributed by atoms with Gasteiger partial charge in [-0.15, -0.1) is 12.4 Å². The van der Waals surface area contributed by atoms with E-state index in [1.54, 1.807) is 9.80 Å². The third-order valence-corrected chi connectivity index (χ3v) is 9.25. The number of alkyl halides is 2. The number of carbonyl (C=O) groups is 3. The molecule has 3 fully saturated rings. The first-order valence-corrected chi connectivity index (χ1v) is 15.0. The van der Waals surface area contributed by atoms with E-state index in [0.29, 0.717) is 37.9 Å². The standard InChI is InChI=1S/C31H44F4N4O3.ClH/c1-19-16-37(29(42)27(36-20(2)40)14-21-8-10-31(34,35)11-9-21)12-13-39(19)28(41)25-18-38(30(3,4)5)17-24(25)23-7-6-22(32)15-26(23)33;/h6-7,15,19,21,24-25,27H,8-14,16-18H2,1-5H3,(H,36,40);1H/t19-,24-,25+,27-;/m0./s1. The third-order valence-electron chi connectivity index (χ3n) is 9.25. The van der Waals surface area contributed by atoms with Crippen LogP contribution in [-0.2, 0) is 14.4 Å². The first-order valence-electron chi connectivity index (χ1n) is 15.0. The van der Waals surface area contributed by atoms with Crippen LogP contribution < -0.4 is 5.32 Å². The van der Waals surface area contributed by atoms with Crippen molar-refractivity contribution in [1.29, 1.82) is 0 Å². The van der Waals surface area contributed by atoms with E-state index in [4.69, 9.17) is 0 Å². The van der Waals surface area contributed by atoms with Crippen LogP contribution in [0.25, 0.3) is 0 Å². The molecule has 0 aromatic heterocycles. The molecular formula is C31H45ClF4N4O3. The molecule has 7 nitrogen and oxygen atoms in total. The summed E-state index contributed by atoms with van der Waals surface area (Å²) in [5.74, 6) is -5.83. The Morgan fingerprint density at radius 3 is 2.26 bits per heavy atom. The van der Waals surface area contributed by atoms with Crippen LogP contribution in [0, 0.1) is 23.5 Å². The smallest absolute Gasteiger partial charge is 0.248 e. The maximum atomic E-state index is 14.9. The summed E-state index contributed by atoms with van der Waals surface area (Å²) >= 11 is 0. The van der Waals surface area contributed by atoms with Gasteiger partial charge in [0.05, 0.1) is 5.92 Å². The molecule has 1 aliphatic carbocycles. The number of halogens is 5. The van der Waals surface area contributed by atoms with Gasteiger partial charge in [-0.05, 0) is 64.5 Å². The molecule has 0 unspecified atom stereocenters. The highest BCUT2D eigenvalue weighted by molar-refractivity contribution is 5.87. The molecule has 4 rings (SSSR count). The summed E-state index contributed by atoms with van der Waals surface area (Å²) in [6, 6.07) is 2.36. The lowest BCUT2D eigenvalue weighted by atomic mass is 9.82. The lowest BCUT2D eigenvalue weighted by Crippen LogP contribution is -2.60. The molecule has 1 N–H and O–H groups in total. The number of nitrogens with one attached hydrogen (secondary N) is 1. The summed E-state index contributed by atoms with van der Waals surface area (Å²) in [6.07, 6.45) is 0.480. The first-order chi connectivity index (χ1) is 19.6. The van der Waals surface area contributed by atoms with Crippen LogP contribution in [0.2, 0.25) is 0 Å². The minimum atomic E-state index is -2.67. The molecule has 3 aliphatic rings. The Hall–Kier alpha value is -2.40. The number of carbonyl (C=O) groups excluding carboxylic acids is 3. The van der Waals surface area contributed by atoms with Crippen molar-refractivity contribution >= 4 is 30.1 Å². The van der Waals surface area contributed by atoms with Crippen LogP contribution in [0.15, 0.2) is 18.2 Å². The molecule has 2 aliphatic heterocycles. The number of nitrogens with zero attached hydrogens (tertiary/aromatic N) is 3. The molecule has 1 aromatic rings. The van der Waals surface area contributed by atoms with Crippen molar-refractivity contribution in [3.63, 3.8) is 0 Å². The van der Waals surface area contributed by atoms with Gasteiger partial charge in [-0.25, -0.2) is 17.6 Å². The molecule has 0 bridgehead atoms. The predicted molar refractivity (Wildman–Crippen MR) is 158 cm³/mol. The van der Waals surface area contributed by atoms with E-state index in [-0.39, 0.29) is 80.1 Å². The highest BCUT2D eigenvalue weighted by Gasteiger charge is 2.46. The number of amides is 3. The zero-order chi connectivity index (χ0) is 31.0. The summed E-state index contributed by atoms with van der Waals surface area (Å²) in [4.78, 5) is 45.0. The van der Waals surface area contributed by atoms with Gasteiger partial charge in [0.2, 0.25) is 23.6 Å². The molecule has 0 radical (unpaired) electrons. The van der Waals surface area contributed by atoms with Gasteiger partial charge >= 0.3 is 0 Å². The maximum Gasteiger partial charge on any atom is 0.248 e. The monoisotopic (exact) mass is 632 g/mol. The molecule has 12 heteroatoms. The van der Waals surface area contributed by atoms with E-state index in [1.165, 1.54) is 19.1 Å². The van der Waals surface area contributed by atoms with Gasteiger partial charge in [0, 0.05) is 76.1 Å². The quantitative estimate of drug-likeness (QED) is 0.449. The number of rotatable bonds is 6. The fraction of sp³-hybridized carbons (Fsp3) is 0.710. The number of likely N-dealkylation sites (tertiary alicyclic amines) is 1. The van der Waals surface area contributed by atoms with E-state index in [0.717, 1.165) is 6.07 Å². The van der Waals surface area contributed by atoms with Crippen LogP contribution in [0.3, 0.4) is 0 Å². The van der Waals surface area contributed by atoms with Gasteiger partial charge in [0.15, 0.2) is 0 Å². The van der Waals surface area contributed by atoms with Gasteiger partial charge in [0.1, 0.15) is 17.7 Å². The van der Waals surface area contributed by atoms with Gasteiger partial charge in [-0.1, -0.05) is 6.07 Å². The van der Waals surface area contributed by atoms with Crippen molar-refractivity contribution in [3.05, 3.63) is 35.4 Å². The van der Waals surface area contributed by atoms with Gasteiger partial charge in [-0.2, -0.15) is 0 Å². The number of piperazine rings is 1. The summed E-state index contributed by atoms with van der Waals surface area (Å²) in [7, 11) is 0. The molecule has 1 aromatic carbocycles. The van der Waals surface area contributed by atoms with Crippen molar-refractivity contribution < 1.29 is 31.9 Å². The SMILES string of the molecule is CC(=O)N[C@@H](CC1CCC(F)(F)CC1)C(=O)N1CCN(C(=O)[C@@H]2CN(C(C)(C)C)C[C@H]2c2ccc(F)cc2F)[C@@H](C)C1.Cl. The molecule has 0 spiro atoms. The third kappa shape index (κ3) is 8.41. The molecule has 4 atom stereocenters. The average molecular weight is 633 g/mol. The molecule has 43 heavy (non-hydrogen) atoms. The molecule has 2 heterocycles. The Kier molecular flexibility index (Phi) is 11.2. The molecular weight excluding hydrogens is 588 g/mol. The molecule has 2 saturated heterocycles. The van der Waals surface area contributed by atoms with Gasteiger partial charge in [-0.3, -0.25) is 19.3 Å². The van der Waals surface area contributed by atoms with E-state index >= 15 is 0 Å². The highest BCUT2D eigenvalue weighted by Crippen LogP contribution is 2.40. The largest absolute Gasteiger partial charge is 0.345 e. The Balaban J connectivity index is 0.00000506. The van der Waals surface area contributed by atoms with Crippen LogP contribution in [0.5, 0.6) is 0 Å². The Bertz CT molecular complexity index is 1170. The fourth-order valence-electron chi connectivity index (χ4n) is 6.77. The molecule has 242 valence electrons. The predicted octanol–water partition coefficient (Wildman–Crippen LogP) is 4.98. The molecule has 1 saturated carbocycles. The van der Waals surface area contributed by atoms with Gasteiger partial charge < -0.3 is 15.1 Å². The van der Waals surface area contributed by atoms with Crippen molar-refractivity contribution in [2.24, 2.45) is 11.8 Å². The van der Waals surface area contributed by atoms with Crippen molar-refractivity contribution in [2.45, 2.75) is 96.2 Å². The van der Waals surface area contributed by atoms with E-state index in [9.17, 15) is 31.9 Å². The Morgan fingerprint density at radius 2 is 1.70 bits per heavy atom. The van der Waals surface area contributed by atoms with Crippen LogP contribution in [-0.4, -0.2) is 88.7 Å². The number of hydrogen-bond acceptors (Lipinski definition) is 4. The van der Waals surface area contributed by atoms with Gasteiger partial charge in [0.25, 0.3) is 0 Å². The zero-order valence-electron chi connectivity index (χ0n) is 25.7. The van der Waals surface area contributed by atoms with E-state index in [2.05, 4.69) is 10.2 Å². The van der Waals surface area contributed by atoms with E-state index in [1.807, 2.05) is 27.7 Å². The van der Waals surface area contributed by atoms with Crippen molar-refractivity contribution in [3.8, 4) is 0 Å². The Labute approximate surface area is 258 Å². The van der Waals surface area contributed by atoms with Crippen molar-refractivity contribution in [2.75, 3.05) is 32.7 Å². The average Bonchev–Trinajstić information content (AvgIpc) is 3.34.